The number of halogens is 1. The van der Waals surface area contributed by atoms with Crippen LogP contribution in [0.3, 0.4) is 0 Å². The van der Waals surface area contributed by atoms with Crippen molar-refractivity contribution in [3.8, 4) is 0 Å². The number of piperidine rings is 1. The Morgan fingerprint density at radius 3 is 2.97 bits per heavy atom. The topological polar surface area (TPSA) is 86.9 Å². The minimum absolute atomic E-state index is 0.0542. The van der Waals surface area contributed by atoms with Gasteiger partial charge in [0.1, 0.15) is 12.2 Å². The molecule has 7 unspecified atom stereocenters. The van der Waals surface area contributed by atoms with E-state index >= 15 is 0 Å². The monoisotopic (exact) mass is 413 g/mol. The predicted molar refractivity (Wildman–Crippen MR) is 107 cm³/mol. The van der Waals surface area contributed by atoms with E-state index in [1.54, 1.807) is 7.11 Å². The van der Waals surface area contributed by atoms with Gasteiger partial charge in [-0.25, -0.2) is 9.40 Å². The van der Waals surface area contributed by atoms with Crippen LogP contribution in [0.25, 0.3) is 0 Å². The van der Waals surface area contributed by atoms with Gasteiger partial charge in [-0.05, 0) is 25.8 Å². The Hall–Kier alpha value is -0.840. The smallest absolute Gasteiger partial charge is 0.239 e. The molecule has 9 heteroatoms. The maximum Gasteiger partial charge on any atom is 0.239 e. The lowest BCUT2D eigenvalue weighted by Crippen LogP contribution is -2.49. The Balaban J connectivity index is 1.20. The highest BCUT2D eigenvalue weighted by Crippen LogP contribution is 2.34. The molecule has 1 aliphatic carbocycles. The summed E-state index contributed by atoms with van der Waals surface area (Å²) >= 11 is 0. The van der Waals surface area contributed by atoms with E-state index in [9.17, 15) is 9.18 Å². The molecular weight excluding hydrogens is 377 g/mol. The van der Waals surface area contributed by atoms with Crippen LogP contribution in [0.5, 0.6) is 0 Å². The van der Waals surface area contributed by atoms with Gasteiger partial charge in [0.05, 0.1) is 18.2 Å². The third-order valence-corrected chi connectivity index (χ3v) is 7.00. The van der Waals surface area contributed by atoms with Crippen molar-refractivity contribution in [2.75, 3.05) is 39.8 Å². The molecule has 0 spiro atoms. The molecule has 7 atom stereocenters. The van der Waals surface area contributed by atoms with E-state index in [0.29, 0.717) is 18.8 Å². The standard InChI is InChI=1S/C20H36FN5O3/c1-28-18-6-7-22-9-13(18)11-26-12-14(10-23-26)24-20(27)17-8-19(29-25-17)15-4-2-3-5-16(15)21/h13-19,22-23,25H,2-12H2,1H3,(H,24,27). The molecule has 29 heavy (non-hydrogen) atoms. The number of nitrogens with zero attached hydrogens (tertiary/aromatic N) is 1. The van der Waals surface area contributed by atoms with Gasteiger partial charge in [-0.2, -0.15) is 5.48 Å². The number of hydroxylamine groups is 1. The lowest BCUT2D eigenvalue weighted by molar-refractivity contribution is -0.125. The van der Waals surface area contributed by atoms with Crippen molar-refractivity contribution < 1.29 is 18.8 Å². The fourth-order valence-corrected chi connectivity index (χ4v) is 5.30. The number of amides is 1. The van der Waals surface area contributed by atoms with Gasteiger partial charge in [0.15, 0.2) is 0 Å². The number of methoxy groups -OCH3 is 1. The van der Waals surface area contributed by atoms with Crippen molar-refractivity contribution in [2.24, 2.45) is 11.8 Å². The molecule has 4 N–H and O–H groups in total. The number of carbonyl (C=O) groups is 1. The first-order chi connectivity index (χ1) is 14.1. The summed E-state index contributed by atoms with van der Waals surface area (Å²) in [5, 5.41) is 8.74. The first kappa shape index (κ1) is 21.4. The third kappa shape index (κ3) is 5.26. The Morgan fingerprint density at radius 1 is 1.28 bits per heavy atom. The fraction of sp³-hybridized carbons (Fsp3) is 0.950. The molecule has 4 rings (SSSR count). The molecule has 0 aromatic carbocycles. The van der Waals surface area contributed by atoms with E-state index in [1.807, 2.05) is 0 Å². The van der Waals surface area contributed by atoms with E-state index in [2.05, 4.69) is 26.5 Å². The summed E-state index contributed by atoms with van der Waals surface area (Å²) in [4.78, 5) is 18.3. The molecule has 1 amide bonds. The number of hydrogen-bond acceptors (Lipinski definition) is 7. The van der Waals surface area contributed by atoms with Crippen LogP contribution in [0.4, 0.5) is 4.39 Å². The average Bonchev–Trinajstić information content (AvgIpc) is 3.39. The normalized spacial score (nSPS) is 41.5. The van der Waals surface area contributed by atoms with Gasteiger partial charge >= 0.3 is 0 Å². The van der Waals surface area contributed by atoms with Crippen LogP contribution in [0.2, 0.25) is 0 Å². The molecule has 0 radical (unpaired) electrons. The van der Waals surface area contributed by atoms with Gasteiger partial charge in [0.25, 0.3) is 0 Å². The molecule has 166 valence electrons. The van der Waals surface area contributed by atoms with Gasteiger partial charge in [-0.1, -0.05) is 12.8 Å². The highest BCUT2D eigenvalue weighted by atomic mass is 19.1. The minimum atomic E-state index is -0.810. The molecule has 3 heterocycles. The number of carbonyl (C=O) groups excluding carboxylic acids is 1. The van der Waals surface area contributed by atoms with Crippen LogP contribution >= 0.6 is 0 Å². The van der Waals surface area contributed by atoms with Gasteiger partial charge < -0.3 is 15.4 Å². The average molecular weight is 414 g/mol. The predicted octanol–water partition coefficient (Wildman–Crippen LogP) is 0.106. The van der Waals surface area contributed by atoms with Crippen molar-refractivity contribution in [1.29, 1.82) is 0 Å². The number of alkyl halides is 1. The number of hydrazine groups is 1. The van der Waals surface area contributed by atoms with E-state index in [0.717, 1.165) is 58.4 Å². The summed E-state index contributed by atoms with van der Waals surface area (Å²) in [5.74, 6) is 0.294. The maximum absolute atomic E-state index is 14.2. The Bertz CT molecular complexity index is 556. The molecule has 8 nitrogen and oxygen atoms in total. The zero-order valence-corrected chi connectivity index (χ0v) is 17.4. The van der Waals surface area contributed by atoms with Crippen LogP contribution in [-0.2, 0) is 14.4 Å². The number of nitrogens with one attached hydrogen (secondary N) is 4. The summed E-state index contributed by atoms with van der Waals surface area (Å²) in [6.45, 7) is 4.34. The summed E-state index contributed by atoms with van der Waals surface area (Å²) in [7, 11) is 1.78. The Labute approximate surface area is 172 Å². The zero-order valence-electron chi connectivity index (χ0n) is 17.4. The Morgan fingerprint density at radius 2 is 2.14 bits per heavy atom. The van der Waals surface area contributed by atoms with Crippen LogP contribution < -0.4 is 21.5 Å². The molecule has 0 bridgehead atoms. The molecule has 4 aliphatic rings. The van der Waals surface area contributed by atoms with E-state index in [4.69, 9.17) is 9.57 Å². The molecule has 3 aliphatic heterocycles. The minimum Gasteiger partial charge on any atom is -0.381 e. The van der Waals surface area contributed by atoms with E-state index in [1.165, 1.54) is 0 Å². The van der Waals surface area contributed by atoms with Gasteiger partial charge in [-0.3, -0.25) is 15.1 Å². The summed E-state index contributed by atoms with van der Waals surface area (Å²) in [5.41, 5.74) is 6.25. The summed E-state index contributed by atoms with van der Waals surface area (Å²) in [6, 6.07) is -0.340. The summed E-state index contributed by atoms with van der Waals surface area (Å²) in [6.07, 6.45) is 4.31. The lowest BCUT2D eigenvalue weighted by Gasteiger charge is -2.33. The number of ether oxygens (including phenoxy) is 1. The first-order valence-corrected chi connectivity index (χ1v) is 11.2. The molecule has 0 aromatic heterocycles. The molecule has 1 saturated carbocycles. The van der Waals surface area contributed by atoms with Crippen LogP contribution in [0, 0.1) is 11.8 Å². The fourth-order valence-electron chi connectivity index (χ4n) is 5.30. The third-order valence-electron chi connectivity index (χ3n) is 7.00. The second-order valence-electron chi connectivity index (χ2n) is 9.03. The number of hydrogen-bond donors (Lipinski definition) is 4. The van der Waals surface area contributed by atoms with E-state index in [-0.39, 0.29) is 30.1 Å². The lowest BCUT2D eigenvalue weighted by atomic mass is 9.82. The SMILES string of the molecule is COC1CCNCC1CN1CC(NC(=O)C2CC(C3CCCCC3F)ON2)CN1. The zero-order chi connectivity index (χ0) is 20.2. The maximum atomic E-state index is 14.2. The van der Waals surface area contributed by atoms with Crippen LogP contribution in [0.15, 0.2) is 0 Å². The number of rotatable bonds is 6. The quantitative estimate of drug-likeness (QED) is 0.492. The molecule has 3 saturated heterocycles. The second kappa shape index (κ2) is 9.98. The highest BCUT2D eigenvalue weighted by Gasteiger charge is 2.41. The highest BCUT2D eigenvalue weighted by molar-refractivity contribution is 5.82. The molecular formula is C20H36FN5O3. The van der Waals surface area contributed by atoms with Gasteiger partial charge in [0.2, 0.25) is 5.91 Å². The van der Waals surface area contributed by atoms with Gasteiger partial charge in [0, 0.05) is 51.5 Å². The second-order valence-corrected chi connectivity index (χ2v) is 9.03. The van der Waals surface area contributed by atoms with Crippen molar-refractivity contribution >= 4 is 5.91 Å². The van der Waals surface area contributed by atoms with Crippen LogP contribution in [-0.4, -0.2) is 81.2 Å². The van der Waals surface area contributed by atoms with E-state index < -0.39 is 12.2 Å². The van der Waals surface area contributed by atoms with Gasteiger partial charge in [-0.15, -0.1) is 0 Å². The summed E-state index contributed by atoms with van der Waals surface area (Å²) < 4.78 is 19.8. The van der Waals surface area contributed by atoms with Crippen molar-refractivity contribution in [3.05, 3.63) is 0 Å². The van der Waals surface area contributed by atoms with Crippen LogP contribution in [0.1, 0.15) is 38.5 Å². The molecule has 0 aromatic rings. The van der Waals surface area contributed by atoms with Crippen molar-refractivity contribution in [2.45, 2.75) is 69.0 Å². The Kier molecular flexibility index (Phi) is 7.36. The molecule has 4 fully saturated rings. The largest absolute Gasteiger partial charge is 0.381 e. The van der Waals surface area contributed by atoms with Crippen molar-refractivity contribution in [1.82, 2.24) is 26.5 Å². The van der Waals surface area contributed by atoms with Crippen molar-refractivity contribution in [3.63, 3.8) is 0 Å². The first-order valence-electron chi connectivity index (χ1n) is 11.2.